The third-order valence-electron chi connectivity index (χ3n) is 5.25. The maximum Gasteiger partial charge on any atom is -0.0348 e. The molecule has 0 spiro atoms. The van der Waals surface area contributed by atoms with Gasteiger partial charge >= 0.3 is 0 Å². The highest BCUT2D eigenvalue weighted by molar-refractivity contribution is 4.96. The Balaban J connectivity index is 2.98. The van der Waals surface area contributed by atoms with Crippen LogP contribution in [0.4, 0.5) is 0 Å². The predicted octanol–water partition coefficient (Wildman–Crippen LogP) is 9.55. The first-order chi connectivity index (χ1) is 12.4. The Kier molecular flexibility index (Phi) is 23.0. The maximum atomic E-state index is 3.70. The molecule has 0 heterocycles. The Hall–Kier alpha value is -0.520. The van der Waals surface area contributed by atoms with Crippen LogP contribution in [0.5, 0.6) is 0 Å². The molecule has 0 aliphatic heterocycles. The second-order valence-corrected chi connectivity index (χ2v) is 7.82. The molecule has 0 saturated heterocycles. The first kappa shape index (κ1) is 24.5. The van der Waals surface area contributed by atoms with E-state index in [1.165, 1.54) is 128 Å². The fourth-order valence-corrected chi connectivity index (χ4v) is 3.53. The van der Waals surface area contributed by atoms with Crippen molar-refractivity contribution in [3.05, 3.63) is 24.8 Å². The largest absolute Gasteiger partial charge is 0.0991 e. The molecule has 0 bridgehead atoms. The third kappa shape index (κ3) is 23.5. The van der Waals surface area contributed by atoms with Crippen molar-refractivity contribution in [3.63, 3.8) is 0 Å². The minimum Gasteiger partial charge on any atom is -0.0991 e. The van der Waals surface area contributed by atoms with Crippen LogP contribution >= 0.6 is 0 Å². The predicted molar refractivity (Wildman–Crippen MR) is 117 cm³/mol. The number of hydrogen-bond donors (Lipinski definition) is 0. The molecule has 0 saturated carbocycles. The second kappa shape index (κ2) is 23.5. The van der Waals surface area contributed by atoms with E-state index in [-0.39, 0.29) is 0 Å². The normalized spacial score (nSPS) is 11.4. The highest BCUT2D eigenvalue weighted by atomic mass is 14.0. The van der Waals surface area contributed by atoms with Crippen LogP contribution in [0.25, 0.3) is 0 Å². The number of allylic oxidation sites excluding steroid dienone is 3. The third-order valence-corrected chi connectivity index (χ3v) is 5.25. The van der Waals surface area contributed by atoms with Gasteiger partial charge in [0.05, 0.1) is 0 Å². The minimum atomic E-state index is 1.23. The summed E-state index contributed by atoms with van der Waals surface area (Å²) in [5, 5.41) is 0. The van der Waals surface area contributed by atoms with Crippen LogP contribution in [0.15, 0.2) is 24.8 Å². The molecule has 0 amide bonds. The second-order valence-electron chi connectivity index (χ2n) is 7.82. The van der Waals surface area contributed by atoms with Gasteiger partial charge in [0.25, 0.3) is 0 Å². The highest BCUT2D eigenvalue weighted by Gasteiger charge is 1.95. The van der Waals surface area contributed by atoms with Gasteiger partial charge in [0.2, 0.25) is 0 Å². The van der Waals surface area contributed by atoms with E-state index < -0.39 is 0 Å². The molecule has 0 radical (unpaired) electrons. The summed E-state index contributed by atoms with van der Waals surface area (Å²) in [7, 11) is 0. The van der Waals surface area contributed by atoms with Crippen LogP contribution in [0.2, 0.25) is 0 Å². The van der Waals surface area contributed by atoms with Crippen LogP contribution in [-0.4, -0.2) is 0 Å². The summed E-state index contributed by atoms with van der Waals surface area (Å²) in [4.78, 5) is 0. The molecule has 0 rings (SSSR count). The molecular formula is C25H48. The Bertz CT molecular complexity index is 263. The standard InChI is InChI=1S/C25H48/c1-3-5-7-9-11-13-15-17-19-21-23-25-24-22-20-18-16-14-12-10-8-6-4-2/h3,5,7H,1,4,6,8-25H2,2H3. The summed E-state index contributed by atoms with van der Waals surface area (Å²) in [6.07, 6.45) is 35.0. The molecular weight excluding hydrogens is 300 g/mol. The molecule has 0 aliphatic rings. The lowest BCUT2D eigenvalue weighted by Crippen LogP contribution is -1.84. The number of unbranched alkanes of at least 4 members (excludes halogenated alkanes) is 19. The monoisotopic (exact) mass is 348 g/mol. The summed E-state index contributed by atoms with van der Waals surface area (Å²) in [6, 6.07) is 0. The van der Waals surface area contributed by atoms with Crippen LogP contribution < -0.4 is 0 Å². The average Bonchev–Trinajstić information content (AvgIpc) is 2.63. The topological polar surface area (TPSA) is 0 Å². The fraction of sp³-hybridized carbons (Fsp3) is 0.840. The van der Waals surface area contributed by atoms with Crippen LogP contribution in [0.1, 0.15) is 135 Å². The first-order valence-corrected chi connectivity index (χ1v) is 11.7. The summed E-state index contributed by atoms with van der Waals surface area (Å²) in [6.45, 7) is 5.99. The van der Waals surface area contributed by atoms with E-state index in [2.05, 4.69) is 25.7 Å². The quantitative estimate of drug-likeness (QED) is 0.143. The van der Waals surface area contributed by atoms with E-state index in [1.54, 1.807) is 0 Å². The van der Waals surface area contributed by atoms with E-state index in [4.69, 9.17) is 0 Å². The Morgan fingerprint density at radius 1 is 0.480 bits per heavy atom. The Morgan fingerprint density at radius 3 is 1.12 bits per heavy atom. The van der Waals surface area contributed by atoms with Crippen molar-refractivity contribution >= 4 is 0 Å². The zero-order valence-electron chi connectivity index (χ0n) is 17.6. The molecule has 0 heteroatoms. The van der Waals surface area contributed by atoms with Crippen LogP contribution in [0, 0.1) is 0 Å². The summed E-state index contributed by atoms with van der Waals surface area (Å²) >= 11 is 0. The summed E-state index contributed by atoms with van der Waals surface area (Å²) in [5.41, 5.74) is 0. The highest BCUT2D eigenvalue weighted by Crippen LogP contribution is 2.14. The summed E-state index contributed by atoms with van der Waals surface area (Å²) < 4.78 is 0. The first-order valence-electron chi connectivity index (χ1n) is 11.7. The van der Waals surface area contributed by atoms with Gasteiger partial charge in [-0.1, -0.05) is 147 Å². The Labute approximate surface area is 160 Å². The van der Waals surface area contributed by atoms with Gasteiger partial charge in [-0.2, -0.15) is 0 Å². The van der Waals surface area contributed by atoms with E-state index in [0.29, 0.717) is 0 Å². The molecule has 0 aromatic rings. The molecule has 25 heavy (non-hydrogen) atoms. The summed E-state index contributed by atoms with van der Waals surface area (Å²) in [5.74, 6) is 0. The van der Waals surface area contributed by atoms with E-state index in [9.17, 15) is 0 Å². The van der Waals surface area contributed by atoms with Crippen LogP contribution in [-0.2, 0) is 0 Å². The lowest BCUT2D eigenvalue weighted by atomic mass is 10.0. The van der Waals surface area contributed by atoms with Gasteiger partial charge in [0.1, 0.15) is 0 Å². The van der Waals surface area contributed by atoms with Crippen molar-refractivity contribution in [1.82, 2.24) is 0 Å². The van der Waals surface area contributed by atoms with E-state index in [1.807, 2.05) is 6.08 Å². The molecule has 0 atom stereocenters. The lowest BCUT2D eigenvalue weighted by molar-refractivity contribution is 0.523. The lowest BCUT2D eigenvalue weighted by Gasteiger charge is -2.03. The van der Waals surface area contributed by atoms with E-state index >= 15 is 0 Å². The molecule has 0 aromatic carbocycles. The Morgan fingerprint density at radius 2 is 0.800 bits per heavy atom. The SMILES string of the molecule is C=CC=CCCCCCCCCCCCCCCCCCCCCC. The van der Waals surface area contributed by atoms with Crippen molar-refractivity contribution < 1.29 is 0 Å². The van der Waals surface area contributed by atoms with Crippen LogP contribution in [0.3, 0.4) is 0 Å². The van der Waals surface area contributed by atoms with Gasteiger partial charge in [-0.05, 0) is 12.8 Å². The molecule has 0 N–H and O–H groups in total. The average molecular weight is 349 g/mol. The van der Waals surface area contributed by atoms with Gasteiger partial charge in [0, 0.05) is 0 Å². The number of hydrogen-bond acceptors (Lipinski definition) is 0. The molecule has 0 nitrogen and oxygen atoms in total. The van der Waals surface area contributed by atoms with Gasteiger partial charge < -0.3 is 0 Å². The molecule has 0 aliphatic carbocycles. The maximum absolute atomic E-state index is 3.70. The minimum absolute atomic E-state index is 1.23. The zero-order valence-corrected chi connectivity index (χ0v) is 17.6. The zero-order chi connectivity index (χ0) is 18.3. The van der Waals surface area contributed by atoms with E-state index in [0.717, 1.165) is 0 Å². The molecule has 0 unspecified atom stereocenters. The van der Waals surface area contributed by atoms with Crippen molar-refractivity contribution in [2.75, 3.05) is 0 Å². The van der Waals surface area contributed by atoms with Gasteiger partial charge in [-0.3, -0.25) is 0 Å². The number of rotatable bonds is 21. The van der Waals surface area contributed by atoms with Crippen molar-refractivity contribution in [2.45, 2.75) is 135 Å². The van der Waals surface area contributed by atoms with Gasteiger partial charge in [-0.25, -0.2) is 0 Å². The molecule has 148 valence electrons. The molecule has 0 fully saturated rings. The smallest absolute Gasteiger partial charge is 0.0348 e. The van der Waals surface area contributed by atoms with Gasteiger partial charge in [-0.15, -0.1) is 0 Å². The fourth-order valence-electron chi connectivity index (χ4n) is 3.53. The van der Waals surface area contributed by atoms with Gasteiger partial charge in [0.15, 0.2) is 0 Å². The van der Waals surface area contributed by atoms with Crippen molar-refractivity contribution in [1.29, 1.82) is 0 Å². The van der Waals surface area contributed by atoms with Crippen molar-refractivity contribution in [2.24, 2.45) is 0 Å². The molecule has 0 aromatic heterocycles. The van der Waals surface area contributed by atoms with Crippen molar-refractivity contribution in [3.8, 4) is 0 Å².